The minimum atomic E-state index is -0.110. The van der Waals surface area contributed by atoms with E-state index >= 15 is 0 Å². The number of thiophene rings is 1. The van der Waals surface area contributed by atoms with Crippen molar-refractivity contribution in [1.82, 2.24) is 15.0 Å². The minimum Gasteiger partial charge on any atom is -0.306 e. The van der Waals surface area contributed by atoms with Crippen LogP contribution < -0.4 is 5.56 Å². The standard InChI is InChI=1S/C20H17N3OS/c1-12(2)13-3-5-14(6-4-13)16-11-25-20-17(16)19(24)22-18(23-20)15-7-9-21-10-8-15/h3-12H,1-2H3,(H,22,23,24). The molecule has 0 aliphatic carbocycles. The molecule has 3 aromatic heterocycles. The molecular formula is C20H17N3OS. The van der Waals surface area contributed by atoms with Gasteiger partial charge >= 0.3 is 0 Å². The molecule has 4 rings (SSSR count). The van der Waals surface area contributed by atoms with Crippen molar-refractivity contribution in [2.75, 3.05) is 0 Å². The maximum absolute atomic E-state index is 12.7. The zero-order valence-corrected chi connectivity index (χ0v) is 14.8. The first-order chi connectivity index (χ1) is 12.1. The Morgan fingerprint density at radius 3 is 2.40 bits per heavy atom. The van der Waals surface area contributed by atoms with Crippen molar-refractivity contribution >= 4 is 21.6 Å². The lowest BCUT2D eigenvalue weighted by Gasteiger charge is -2.06. The lowest BCUT2D eigenvalue weighted by molar-refractivity contribution is 0.867. The van der Waals surface area contributed by atoms with Gasteiger partial charge in [0, 0.05) is 28.9 Å². The summed E-state index contributed by atoms with van der Waals surface area (Å²) in [5.74, 6) is 1.06. The quantitative estimate of drug-likeness (QED) is 0.577. The van der Waals surface area contributed by atoms with Gasteiger partial charge in [0.25, 0.3) is 5.56 Å². The van der Waals surface area contributed by atoms with Crippen LogP contribution in [0.15, 0.2) is 59.0 Å². The van der Waals surface area contributed by atoms with Crippen LogP contribution in [-0.2, 0) is 0 Å². The number of fused-ring (bicyclic) bond motifs is 1. The number of rotatable bonds is 3. The molecule has 0 saturated carbocycles. The SMILES string of the molecule is CC(C)c1ccc(-c2csc3nc(-c4ccncc4)[nH]c(=O)c23)cc1. The van der Waals surface area contributed by atoms with Crippen LogP contribution in [-0.4, -0.2) is 15.0 Å². The van der Waals surface area contributed by atoms with Crippen LogP contribution in [0.1, 0.15) is 25.3 Å². The topological polar surface area (TPSA) is 58.6 Å². The van der Waals surface area contributed by atoms with Crippen LogP contribution in [0, 0.1) is 0 Å². The third-order valence-corrected chi connectivity index (χ3v) is 5.16. The van der Waals surface area contributed by atoms with Crippen molar-refractivity contribution in [2.24, 2.45) is 0 Å². The largest absolute Gasteiger partial charge is 0.306 e. The van der Waals surface area contributed by atoms with E-state index in [1.54, 1.807) is 12.4 Å². The fourth-order valence-electron chi connectivity index (χ4n) is 2.86. The van der Waals surface area contributed by atoms with E-state index in [2.05, 4.69) is 53.1 Å². The average molecular weight is 347 g/mol. The Morgan fingerprint density at radius 2 is 1.72 bits per heavy atom. The van der Waals surface area contributed by atoms with Crippen LogP contribution in [0.3, 0.4) is 0 Å². The van der Waals surface area contributed by atoms with Gasteiger partial charge in [0.05, 0.1) is 5.39 Å². The van der Waals surface area contributed by atoms with E-state index in [-0.39, 0.29) is 5.56 Å². The summed E-state index contributed by atoms with van der Waals surface area (Å²) in [4.78, 5) is 25.0. The molecule has 0 amide bonds. The Morgan fingerprint density at radius 1 is 1.00 bits per heavy atom. The van der Waals surface area contributed by atoms with Gasteiger partial charge in [-0.25, -0.2) is 4.98 Å². The van der Waals surface area contributed by atoms with Crippen LogP contribution >= 0.6 is 11.3 Å². The van der Waals surface area contributed by atoms with Crippen LogP contribution in [0.25, 0.3) is 32.7 Å². The predicted molar refractivity (Wildman–Crippen MR) is 103 cm³/mol. The molecule has 25 heavy (non-hydrogen) atoms. The number of hydrogen-bond acceptors (Lipinski definition) is 4. The molecule has 3 heterocycles. The van der Waals surface area contributed by atoms with Gasteiger partial charge in [-0.05, 0) is 29.2 Å². The molecule has 4 aromatic rings. The number of nitrogens with zero attached hydrogens (tertiary/aromatic N) is 2. The maximum atomic E-state index is 12.7. The Labute approximate surface area is 149 Å². The molecule has 4 nitrogen and oxygen atoms in total. The molecule has 1 aromatic carbocycles. The van der Waals surface area contributed by atoms with E-state index in [4.69, 9.17) is 0 Å². The zero-order chi connectivity index (χ0) is 17.4. The molecule has 0 unspecified atom stereocenters. The van der Waals surface area contributed by atoms with Gasteiger partial charge in [0.2, 0.25) is 0 Å². The average Bonchev–Trinajstić information content (AvgIpc) is 3.07. The zero-order valence-electron chi connectivity index (χ0n) is 14.0. The summed E-state index contributed by atoms with van der Waals surface area (Å²) < 4.78 is 0. The number of benzene rings is 1. The van der Waals surface area contributed by atoms with E-state index in [1.807, 2.05) is 17.5 Å². The highest BCUT2D eigenvalue weighted by Crippen LogP contribution is 2.32. The maximum Gasteiger partial charge on any atom is 0.260 e. The van der Waals surface area contributed by atoms with Gasteiger partial charge in [-0.2, -0.15) is 0 Å². The van der Waals surface area contributed by atoms with E-state index in [0.29, 0.717) is 17.1 Å². The molecular weight excluding hydrogens is 330 g/mol. The molecule has 0 spiro atoms. The first kappa shape index (κ1) is 15.7. The number of nitrogens with one attached hydrogen (secondary N) is 1. The summed E-state index contributed by atoms with van der Waals surface area (Å²) in [5.41, 5.74) is 4.01. The lowest BCUT2D eigenvalue weighted by Crippen LogP contribution is -2.09. The Kier molecular flexibility index (Phi) is 3.93. The number of H-pyrrole nitrogens is 1. The van der Waals surface area contributed by atoms with Crippen molar-refractivity contribution in [2.45, 2.75) is 19.8 Å². The molecule has 0 aliphatic rings. The summed E-state index contributed by atoms with van der Waals surface area (Å²) in [6.45, 7) is 4.34. The summed E-state index contributed by atoms with van der Waals surface area (Å²) in [5, 5.41) is 2.66. The second kappa shape index (κ2) is 6.26. The summed E-state index contributed by atoms with van der Waals surface area (Å²) in [6.07, 6.45) is 3.38. The van der Waals surface area contributed by atoms with Gasteiger partial charge in [-0.15, -0.1) is 11.3 Å². The highest BCUT2D eigenvalue weighted by molar-refractivity contribution is 7.17. The van der Waals surface area contributed by atoms with E-state index in [9.17, 15) is 4.79 Å². The molecule has 1 N–H and O–H groups in total. The van der Waals surface area contributed by atoms with E-state index in [1.165, 1.54) is 16.9 Å². The molecule has 5 heteroatoms. The number of aromatic amines is 1. The first-order valence-corrected chi connectivity index (χ1v) is 9.03. The highest BCUT2D eigenvalue weighted by Gasteiger charge is 2.14. The number of aromatic nitrogens is 3. The van der Waals surface area contributed by atoms with Gasteiger partial charge < -0.3 is 4.98 Å². The fraction of sp³-hybridized carbons (Fsp3) is 0.150. The number of pyridine rings is 1. The third kappa shape index (κ3) is 2.87. The normalized spacial score (nSPS) is 11.3. The molecule has 0 atom stereocenters. The smallest absolute Gasteiger partial charge is 0.260 e. The van der Waals surface area contributed by atoms with E-state index in [0.717, 1.165) is 21.5 Å². The van der Waals surface area contributed by atoms with Crippen LogP contribution in [0.2, 0.25) is 0 Å². The summed E-state index contributed by atoms with van der Waals surface area (Å²) >= 11 is 1.50. The Bertz CT molecular complexity index is 1080. The third-order valence-electron chi connectivity index (χ3n) is 4.29. The van der Waals surface area contributed by atoms with Crippen molar-refractivity contribution in [3.05, 3.63) is 70.1 Å². The van der Waals surface area contributed by atoms with Gasteiger partial charge in [-0.1, -0.05) is 38.1 Å². The summed E-state index contributed by atoms with van der Waals surface area (Å²) in [7, 11) is 0. The molecule has 0 saturated heterocycles. The van der Waals surface area contributed by atoms with Crippen molar-refractivity contribution in [3.63, 3.8) is 0 Å². The number of hydrogen-bond donors (Lipinski definition) is 1. The molecule has 0 radical (unpaired) electrons. The lowest BCUT2D eigenvalue weighted by atomic mass is 9.99. The summed E-state index contributed by atoms with van der Waals surface area (Å²) in [6, 6.07) is 12.1. The second-order valence-electron chi connectivity index (χ2n) is 6.26. The van der Waals surface area contributed by atoms with Gasteiger partial charge in [0.1, 0.15) is 10.7 Å². The molecule has 0 bridgehead atoms. The highest BCUT2D eigenvalue weighted by atomic mass is 32.1. The van der Waals surface area contributed by atoms with Gasteiger partial charge in [0.15, 0.2) is 0 Å². The van der Waals surface area contributed by atoms with Crippen LogP contribution in [0.4, 0.5) is 0 Å². The second-order valence-corrected chi connectivity index (χ2v) is 7.11. The Balaban J connectivity index is 1.83. The fourth-order valence-corrected chi connectivity index (χ4v) is 3.80. The van der Waals surface area contributed by atoms with Crippen molar-refractivity contribution < 1.29 is 0 Å². The van der Waals surface area contributed by atoms with Crippen molar-refractivity contribution in [3.8, 4) is 22.5 Å². The predicted octanol–water partition coefficient (Wildman–Crippen LogP) is 4.84. The van der Waals surface area contributed by atoms with Gasteiger partial charge in [-0.3, -0.25) is 9.78 Å². The van der Waals surface area contributed by atoms with Crippen LogP contribution in [0.5, 0.6) is 0 Å². The first-order valence-electron chi connectivity index (χ1n) is 8.15. The molecule has 124 valence electrons. The van der Waals surface area contributed by atoms with Crippen molar-refractivity contribution in [1.29, 1.82) is 0 Å². The molecule has 0 aliphatic heterocycles. The Hall–Kier alpha value is -2.79. The minimum absolute atomic E-state index is 0.110. The monoisotopic (exact) mass is 347 g/mol. The van der Waals surface area contributed by atoms with E-state index < -0.39 is 0 Å². The molecule has 0 fully saturated rings.